The molecule has 5 heteroatoms. The van der Waals surface area contributed by atoms with Gasteiger partial charge < -0.3 is 10.4 Å². The Labute approximate surface area is 75.8 Å². The van der Waals surface area contributed by atoms with Gasteiger partial charge in [0.25, 0.3) is 0 Å². The van der Waals surface area contributed by atoms with Crippen LogP contribution in [0.4, 0.5) is 5.82 Å². The predicted octanol–water partition coefficient (Wildman–Crippen LogP) is 0.0825. The smallest absolute Gasteiger partial charge is 0.346 e. The minimum Gasteiger partial charge on any atom is -0.391 e. The number of nitrogens with one attached hydrogen (secondary N) is 2. The van der Waals surface area contributed by atoms with Crippen molar-refractivity contribution in [1.82, 2.24) is 9.97 Å². The van der Waals surface area contributed by atoms with Gasteiger partial charge in [-0.3, -0.25) is 4.98 Å². The van der Waals surface area contributed by atoms with Crippen molar-refractivity contribution in [2.24, 2.45) is 0 Å². The molecule has 0 fully saturated rings. The van der Waals surface area contributed by atoms with Crippen LogP contribution in [0.25, 0.3) is 0 Å². The molecule has 0 aliphatic rings. The van der Waals surface area contributed by atoms with Gasteiger partial charge in [0.1, 0.15) is 5.82 Å². The fraction of sp³-hybridized carbons (Fsp3) is 0.500. The largest absolute Gasteiger partial charge is 0.391 e. The quantitative estimate of drug-likeness (QED) is 0.620. The number of aromatic amines is 1. The Kier molecular flexibility index (Phi) is 3.02. The van der Waals surface area contributed by atoms with Gasteiger partial charge in [0.05, 0.1) is 6.61 Å². The summed E-state index contributed by atoms with van der Waals surface area (Å²) in [6.07, 6.45) is 1.36. The van der Waals surface area contributed by atoms with Crippen LogP contribution in [0.3, 0.4) is 0 Å². The molecule has 72 valence electrons. The normalized spacial score (nSPS) is 10.5. The molecule has 0 spiro atoms. The second-order valence-electron chi connectivity index (χ2n) is 3.05. The first kappa shape index (κ1) is 9.73. The molecule has 5 nitrogen and oxygen atoms in total. The van der Waals surface area contributed by atoms with Gasteiger partial charge in [-0.1, -0.05) is 0 Å². The first-order chi connectivity index (χ1) is 6.13. The average molecular weight is 183 g/mol. The summed E-state index contributed by atoms with van der Waals surface area (Å²) in [5.41, 5.74) is 0.175. The van der Waals surface area contributed by atoms with Crippen molar-refractivity contribution < 1.29 is 5.11 Å². The van der Waals surface area contributed by atoms with E-state index in [9.17, 15) is 4.79 Å². The average Bonchev–Trinajstić information content (AvgIpc) is 2.03. The molecule has 0 aliphatic heterocycles. The van der Waals surface area contributed by atoms with Gasteiger partial charge in [0, 0.05) is 17.8 Å². The maximum Gasteiger partial charge on any atom is 0.346 e. The van der Waals surface area contributed by atoms with Gasteiger partial charge >= 0.3 is 5.69 Å². The summed E-state index contributed by atoms with van der Waals surface area (Å²) in [5, 5.41) is 11.9. The minimum atomic E-state index is -0.416. The van der Waals surface area contributed by atoms with Crippen LogP contribution in [0.5, 0.6) is 0 Å². The van der Waals surface area contributed by atoms with Crippen molar-refractivity contribution in [2.75, 3.05) is 5.32 Å². The molecule has 1 aromatic rings. The van der Waals surface area contributed by atoms with Crippen LogP contribution in [0.2, 0.25) is 0 Å². The standard InChI is InChI=1S/C8H13N3O2/c1-5(2)10-7-6(4-12)3-9-8(13)11-7/h3,5,12H,4H2,1-2H3,(H2,9,10,11,13). The predicted molar refractivity (Wildman–Crippen MR) is 49.5 cm³/mol. The number of anilines is 1. The Morgan fingerprint density at radius 1 is 1.69 bits per heavy atom. The second-order valence-corrected chi connectivity index (χ2v) is 3.05. The summed E-state index contributed by atoms with van der Waals surface area (Å²) < 4.78 is 0. The zero-order valence-electron chi connectivity index (χ0n) is 7.66. The highest BCUT2D eigenvalue weighted by Gasteiger charge is 2.03. The number of aliphatic hydroxyl groups is 1. The van der Waals surface area contributed by atoms with Crippen LogP contribution >= 0.6 is 0 Å². The molecule has 0 unspecified atom stereocenters. The van der Waals surface area contributed by atoms with Crippen molar-refractivity contribution in [3.8, 4) is 0 Å². The SMILES string of the molecule is CC(C)Nc1[nH]c(=O)ncc1CO. The highest BCUT2D eigenvalue weighted by Crippen LogP contribution is 2.08. The molecule has 1 rings (SSSR count). The summed E-state index contributed by atoms with van der Waals surface area (Å²) in [6.45, 7) is 3.75. The summed E-state index contributed by atoms with van der Waals surface area (Å²) in [5.74, 6) is 0.539. The molecule has 1 heterocycles. The molecule has 0 bridgehead atoms. The lowest BCUT2D eigenvalue weighted by Gasteiger charge is -2.11. The third-order valence-corrected chi connectivity index (χ3v) is 1.49. The van der Waals surface area contributed by atoms with E-state index in [1.54, 1.807) is 0 Å². The van der Waals surface area contributed by atoms with Crippen LogP contribution in [-0.4, -0.2) is 21.1 Å². The van der Waals surface area contributed by atoms with E-state index in [0.29, 0.717) is 11.4 Å². The summed E-state index contributed by atoms with van der Waals surface area (Å²) in [4.78, 5) is 16.9. The fourth-order valence-electron chi connectivity index (χ4n) is 0.958. The summed E-state index contributed by atoms with van der Waals surface area (Å²) >= 11 is 0. The molecule has 13 heavy (non-hydrogen) atoms. The molecule has 0 atom stereocenters. The Morgan fingerprint density at radius 3 is 2.92 bits per heavy atom. The number of aromatic nitrogens is 2. The minimum absolute atomic E-state index is 0.140. The molecule has 1 aromatic heterocycles. The molecular formula is C8H13N3O2. The van der Waals surface area contributed by atoms with Crippen molar-refractivity contribution in [3.63, 3.8) is 0 Å². The van der Waals surface area contributed by atoms with E-state index in [-0.39, 0.29) is 12.6 Å². The molecule has 0 saturated carbocycles. The molecular weight excluding hydrogens is 170 g/mol. The van der Waals surface area contributed by atoms with Crippen molar-refractivity contribution in [3.05, 3.63) is 22.2 Å². The molecule has 0 saturated heterocycles. The van der Waals surface area contributed by atoms with Gasteiger partial charge in [-0.15, -0.1) is 0 Å². The number of rotatable bonds is 3. The molecule has 3 N–H and O–H groups in total. The summed E-state index contributed by atoms with van der Waals surface area (Å²) in [6, 6.07) is 0.198. The monoisotopic (exact) mass is 183 g/mol. The van der Waals surface area contributed by atoms with E-state index in [1.165, 1.54) is 6.20 Å². The molecule has 0 aliphatic carbocycles. The Hall–Kier alpha value is -1.36. The van der Waals surface area contributed by atoms with Gasteiger partial charge in [0.15, 0.2) is 0 Å². The topological polar surface area (TPSA) is 78.0 Å². The van der Waals surface area contributed by atoms with Gasteiger partial charge in [0.2, 0.25) is 0 Å². The molecule has 0 amide bonds. The van der Waals surface area contributed by atoms with Gasteiger partial charge in [-0.2, -0.15) is 0 Å². The Morgan fingerprint density at radius 2 is 2.38 bits per heavy atom. The lowest BCUT2D eigenvalue weighted by atomic mass is 10.3. The zero-order valence-corrected chi connectivity index (χ0v) is 7.66. The first-order valence-corrected chi connectivity index (χ1v) is 4.09. The third-order valence-electron chi connectivity index (χ3n) is 1.49. The van der Waals surface area contributed by atoms with Crippen molar-refractivity contribution in [2.45, 2.75) is 26.5 Å². The number of hydrogen-bond acceptors (Lipinski definition) is 4. The maximum absolute atomic E-state index is 10.9. The molecule has 0 aromatic carbocycles. The Bertz CT molecular complexity index is 332. The van der Waals surface area contributed by atoms with Crippen molar-refractivity contribution in [1.29, 1.82) is 0 Å². The van der Waals surface area contributed by atoms with Gasteiger partial charge in [-0.05, 0) is 13.8 Å². The molecule has 0 radical (unpaired) electrons. The van der Waals surface area contributed by atoms with Crippen molar-refractivity contribution >= 4 is 5.82 Å². The number of aliphatic hydroxyl groups excluding tert-OH is 1. The van der Waals surface area contributed by atoms with E-state index >= 15 is 0 Å². The van der Waals surface area contributed by atoms with Crippen LogP contribution in [0.15, 0.2) is 11.0 Å². The summed E-state index contributed by atoms with van der Waals surface area (Å²) in [7, 11) is 0. The second kappa shape index (κ2) is 4.04. The number of hydrogen-bond donors (Lipinski definition) is 3. The van der Waals surface area contributed by atoms with E-state index in [2.05, 4.69) is 15.3 Å². The zero-order chi connectivity index (χ0) is 9.84. The lowest BCUT2D eigenvalue weighted by molar-refractivity contribution is 0.281. The number of H-pyrrole nitrogens is 1. The van der Waals surface area contributed by atoms with E-state index < -0.39 is 5.69 Å². The van der Waals surface area contributed by atoms with E-state index in [4.69, 9.17) is 5.11 Å². The van der Waals surface area contributed by atoms with Crippen LogP contribution < -0.4 is 11.0 Å². The van der Waals surface area contributed by atoms with E-state index in [0.717, 1.165) is 0 Å². The van der Waals surface area contributed by atoms with Crippen LogP contribution in [0.1, 0.15) is 19.4 Å². The van der Waals surface area contributed by atoms with Gasteiger partial charge in [-0.25, -0.2) is 9.78 Å². The third kappa shape index (κ3) is 2.55. The highest BCUT2D eigenvalue weighted by molar-refractivity contribution is 5.42. The number of nitrogens with zero attached hydrogens (tertiary/aromatic N) is 1. The van der Waals surface area contributed by atoms with Crippen LogP contribution in [0, 0.1) is 0 Å². The fourth-order valence-corrected chi connectivity index (χ4v) is 0.958. The van der Waals surface area contributed by atoms with E-state index in [1.807, 2.05) is 13.8 Å². The highest BCUT2D eigenvalue weighted by atomic mass is 16.3. The Balaban J connectivity index is 3.01. The van der Waals surface area contributed by atoms with Crippen LogP contribution in [-0.2, 0) is 6.61 Å². The first-order valence-electron chi connectivity index (χ1n) is 4.09. The lowest BCUT2D eigenvalue weighted by Crippen LogP contribution is -2.19. The maximum atomic E-state index is 10.9.